The first kappa shape index (κ1) is 81.6. The van der Waals surface area contributed by atoms with Crippen LogP contribution in [0.2, 0.25) is 0 Å². The van der Waals surface area contributed by atoms with Crippen LogP contribution in [-0.2, 0) is 4.79 Å². The highest BCUT2D eigenvalue weighted by Gasteiger charge is 2.18. The number of hydrogen-bond donors (Lipinski definition) is 3. The fourth-order valence-corrected chi connectivity index (χ4v) is 12.5. The van der Waals surface area contributed by atoms with Crippen molar-refractivity contribution in [3.05, 3.63) is 36.5 Å². The summed E-state index contributed by atoms with van der Waals surface area (Å²) in [5, 5.41) is 23.3. The molecule has 0 aromatic rings. The maximum absolute atomic E-state index is 12.6. The van der Waals surface area contributed by atoms with E-state index in [-0.39, 0.29) is 12.5 Å². The van der Waals surface area contributed by atoms with Crippen LogP contribution in [0.4, 0.5) is 0 Å². The van der Waals surface area contributed by atoms with Crippen LogP contribution in [0.1, 0.15) is 444 Å². The van der Waals surface area contributed by atoms with E-state index in [2.05, 4.69) is 43.5 Å². The van der Waals surface area contributed by atoms with E-state index in [9.17, 15) is 15.0 Å². The molecule has 492 valence electrons. The van der Waals surface area contributed by atoms with Crippen LogP contribution < -0.4 is 5.32 Å². The van der Waals surface area contributed by atoms with Gasteiger partial charge in [-0.15, -0.1) is 0 Å². The van der Waals surface area contributed by atoms with Crippen LogP contribution in [0.3, 0.4) is 0 Å². The predicted octanol–water partition coefficient (Wildman–Crippen LogP) is 26.7. The maximum Gasteiger partial charge on any atom is 0.220 e. The molecule has 0 saturated carbocycles. The molecule has 0 fully saturated rings. The molecule has 0 bridgehead atoms. The second-order valence-corrected chi connectivity index (χ2v) is 26.8. The van der Waals surface area contributed by atoms with E-state index in [1.54, 1.807) is 6.08 Å². The van der Waals surface area contributed by atoms with E-state index in [4.69, 9.17) is 0 Å². The number of aliphatic hydroxyl groups excluding tert-OH is 2. The van der Waals surface area contributed by atoms with E-state index in [1.807, 2.05) is 6.08 Å². The maximum atomic E-state index is 12.6. The quantitative estimate of drug-likeness (QED) is 0.0420. The summed E-state index contributed by atoms with van der Waals surface area (Å²) >= 11 is 0. The molecule has 4 heteroatoms. The number of allylic oxidation sites excluding steroid dienone is 5. The third-order valence-electron chi connectivity index (χ3n) is 18.4. The van der Waals surface area contributed by atoms with Crippen molar-refractivity contribution in [1.29, 1.82) is 0 Å². The molecule has 0 aromatic carbocycles. The normalized spacial score (nSPS) is 12.8. The lowest BCUT2D eigenvalue weighted by molar-refractivity contribution is -0.123. The van der Waals surface area contributed by atoms with E-state index in [0.717, 1.165) is 38.5 Å². The zero-order valence-corrected chi connectivity index (χ0v) is 57.0. The summed E-state index contributed by atoms with van der Waals surface area (Å²) in [6, 6.07) is -0.646. The lowest BCUT2D eigenvalue weighted by Crippen LogP contribution is -2.45. The van der Waals surface area contributed by atoms with E-state index >= 15 is 0 Å². The lowest BCUT2D eigenvalue weighted by Gasteiger charge is -2.19. The summed E-state index contributed by atoms with van der Waals surface area (Å²) in [7, 11) is 0. The highest BCUT2D eigenvalue weighted by Crippen LogP contribution is 2.20. The molecule has 0 aliphatic carbocycles. The molecule has 0 saturated heterocycles. The molecule has 0 aromatic heterocycles. The Morgan fingerprint density at radius 1 is 0.277 bits per heavy atom. The van der Waals surface area contributed by atoms with Gasteiger partial charge in [0.15, 0.2) is 0 Å². The number of nitrogens with one attached hydrogen (secondary N) is 1. The van der Waals surface area contributed by atoms with Gasteiger partial charge in [-0.2, -0.15) is 0 Å². The molecule has 0 radical (unpaired) electrons. The monoisotopic (exact) mass is 1160 g/mol. The zero-order valence-electron chi connectivity index (χ0n) is 57.0. The largest absolute Gasteiger partial charge is 0.394 e. The smallest absolute Gasteiger partial charge is 0.220 e. The molecule has 4 nitrogen and oxygen atoms in total. The number of rotatable bonds is 73. The van der Waals surface area contributed by atoms with Gasteiger partial charge in [-0.25, -0.2) is 0 Å². The Morgan fingerprint density at radius 3 is 0.699 bits per heavy atom. The van der Waals surface area contributed by atoms with Gasteiger partial charge in [0.2, 0.25) is 5.91 Å². The molecule has 0 aliphatic rings. The van der Waals surface area contributed by atoms with Crippen molar-refractivity contribution in [2.75, 3.05) is 6.61 Å². The highest BCUT2D eigenvalue weighted by molar-refractivity contribution is 5.76. The van der Waals surface area contributed by atoms with Gasteiger partial charge in [0.1, 0.15) is 0 Å². The molecular weight excluding hydrogens is 1010 g/mol. The minimum Gasteiger partial charge on any atom is -0.394 e. The molecule has 83 heavy (non-hydrogen) atoms. The van der Waals surface area contributed by atoms with Gasteiger partial charge >= 0.3 is 0 Å². The number of unbranched alkanes of at least 4 members (excludes halogenated alkanes) is 62. The molecule has 0 rings (SSSR count). The second kappa shape index (κ2) is 74.9. The molecule has 1 amide bonds. The Kier molecular flexibility index (Phi) is 73.6. The van der Waals surface area contributed by atoms with Crippen LogP contribution in [-0.4, -0.2) is 34.9 Å². The third-order valence-corrected chi connectivity index (χ3v) is 18.4. The average molecular weight is 1170 g/mol. The van der Waals surface area contributed by atoms with Crippen molar-refractivity contribution in [3.63, 3.8) is 0 Å². The Bertz CT molecular complexity index is 1270. The number of carbonyl (C=O) groups is 1. The van der Waals surface area contributed by atoms with Crippen LogP contribution in [0.5, 0.6) is 0 Å². The van der Waals surface area contributed by atoms with Crippen molar-refractivity contribution in [2.24, 2.45) is 0 Å². The third kappa shape index (κ3) is 71.3. The van der Waals surface area contributed by atoms with Gasteiger partial charge in [-0.05, 0) is 44.9 Å². The van der Waals surface area contributed by atoms with Crippen LogP contribution in [0.25, 0.3) is 0 Å². The molecule has 2 atom stereocenters. The predicted molar refractivity (Wildman–Crippen MR) is 373 cm³/mol. The summed E-state index contributed by atoms with van der Waals surface area (Å²) in [6.45, 7) is 4.35. The molecule has 0 aliphatic heterocycles. The lowest BCUT2D eigenvalue weighted by atomic mass is 10.0. The fraction of sp³-hybridized carbons (Fsp3) is 0.911. The Labute approximate surface area is 522 Å². The first-order valence-electron chi connectivity index (χ1n) is 38.7. The number of amides is 1. The van der Waals surface area contributed by atoms with Gasteiger partial charge in [-0.3, -0.25) is 4.79 Å². The number of aliphatic hydroxyl groups is 2. The van der Waals surface area contributed by atoms with Crippen molar-refractivity contribution < 1.29 is 15.0 Å². The number of carbonyl (C=O) groups excluding carboxylic acids is 1. The van der Waals surface area contributed by atoms with Gasteiger partial charge in [0.25, 0.3) is 0 Å². The number of hydrogen-bond acceptors (Lipinski definition) is 3. The standard InChI is InChI=1S/C79H153NO3/c1-3-5-7-9-11-13-15-17-19-21-23-25-27-29-31-33-35-37-38-39-40-41-42-43-45-47-49-51-53-55-57-59-61-63-65-67-69-71-73-75-79(83)80-77(76-81)78(82)74-72-70-68-66-64-62-60-58-56-54-52-50-48-46-44-36-34-32-30-28-26-24-22-20-18-16-14-12-10-8-6-4-2/h56,58,64,66,72,74,77-78,81-82H,3-55,57,59-63,65,67-71,73,75-76H2,1-2H3,(H,80,83)/b58-56+,66-64+,74-72+. The summed E-state index contributed by atoms with van der Waals surface area (Å²) in [5.74, 6) is -0.0685. The molecule has 2 unspecified atom stereocenters. The average Bonchev–Trinajstić information content (AvgIpc) is 3.50. The molecule has 0 heterocycles. The molecule has 3 N–H and O–H groups in total. The second-order valence-electron chi connectivity index (χ2n) is 26.8. The summed E-state index contributed by atoms with van der Waals surface area (Å²) in [5.41, 5.74) is 0. The van der Waals surface area contributed by atoms with Crippen molar-refractivity contribution in [2.45, 2.75) is 456 Å². The van der Waals surface area contributed by atoms with Crippen LogP contribution >= 0.6 is 0 Å². The van der Waals surface area contributed by atoms with Gasteiger partial charge in [0, 0.05) is 6.42 Å². The summed E-state index contributed by atoms with van der Waals surface area (Å²) < 4.78 is 0. The minimum atomic E-state index is -0.871. The van der Waals surface area contributed by atoms with E-state index in [1.165, 1.54) is 385 Å². The fourth-order valence-electron chi connectivity index (χ4n) is 12.5. The van der Waals surface area contributed by atoms with Gasteiger partial charge < -0.3 is 15.5 Å². The zero-order chi connectivity index (χ0) is 59.8. The first-order chi connectivity index (χ1) is 41.2. The topological polar surface area (TPSA) is 69.6 Å². The van der Waals surface area contributed by atoms with Crippen molar-refractivity contribution in [1.82, 2.24) is 5.32 Å². The molecule has 0 spiro atoms. The summed E-state index contributed by atoms with van der Waals surface area (Å²) in [4.78, 5) is 12.6. The Balaban J connectivity index is 3.42. The SMILES string of the molecule is CCCCCCCCCCCCCCCCCCCCCCCC/C=C/CC/C=C/CC/C=C/C(O)C(CO)NC(=O)CCCCCCCCCCCCCCCCCCCCCCCCCCCCCCCCCCCCCCCCC. The first-order valence-corrected chi connectivity index (χ1v) is 38.7. The highest BCUT2D eigenvalue weighted by atomic mass is 16.3. The van der Waals surface area contributed by atoms with Crippen LogP contribution in [0.15, 0.2) is 36.5 Å². The van der Waals surface area contributed by atoms with Crippen molar-refractivity contribution >= 4 is 5.91 Å². The van der Waals surface area contributed by atoms with E-state index in [0.29, 0.717) is 6.42 Å². The Hall–Kier alpha value is -1.39. The molecular formula is C79H153NO3. The Morgan fingerprint density at radius 2 is 0.470 bits per heavy atom. The minimum absolute atomic E-state index is 0.0685. The van der Waals surface area contributed by atoms with Gasteiger partial charge in [-0.1, -0.05) is 429 Å². The van der Waals surface area contributed by atoms with Gasteiger partial charge in [0.05, 0.1) is 18.8 Å². The van der Waals surface area contributed by atoms with Crippen molar-refractivity contribution in [3.8, 4) is 0 Å². The summed E-state index contributed by atoms with van der Waals surface area (Å²) in [6.07, 6.45) is 104. The van der Waals surface area contributed by atoms with Crippen LogP contribution in [0, 0.1) is 0 Å². The van der Waals surface area contributed by atoms with E-state index < -0.39 is 12.1 Å².